The van der Waals surface area contributed by atoms with Crippen molar-refractivity contribution in [2.75, 3.05) is 20.8 Å². The molecule has 0 saturated heterocycles. The van der Waals surface area contributed by atoms with Crippen molar-refractivity contribution in [1.82, 2.24) is 5.32 Å². The maximum Gasteiger partial charge on any atom is 0.131 e. The minimum Gasteiger partial charge on any atom is -0.384 e. The molecule has 0 amide bonds. The van der Waals surface area contributed by atoms with Gasteiger partial charge in [-0.25, -0.2) is 4.39 Å². The van der Waals surface area contributed by atoms with Crippen LogP contribution in [0.1, 0.15) is 24.1 Å². The highest BCUT2D eigenvalue weighted by Crippen LogP contribution is 2.26. The Kier molecular flexibility index (Phi) is 5.48. The van der Waals surface area contributed by atoms with E-state index in [0.29, 0.717) is 12.2 Å². The molecule has 0 saturated carbocycles. The summed E-state index contributed by atoms with van der Waals surface area (Å²) in [5.74, 6) is -0.188. The van der Waals surface area contributed by atoms with Gasteiger partial charge in [0.2, 0.25) is 0 Å². The Morgan fingerprint density at radius 3 is 2.48 bits per heavy atom. The molecular formula is C18H22FNO. The van der Waals surface area contributed by atoms with Gasteiger partial charge in [0.25, 0.3) is 0 Å². The van der Waals surface area contributed by atoms with Crippen molar-refractivity contribution in [2.24, 2.45) is 0 Å². The number of benzene rings is 2. The molecule has 0 radical (unpaired) electrons. The summed E-state index contributed by atoms with van der Waals surface area (Å²) in [5.41, 5.74) is 3.82. The summed E-state index contributed by atoms with van der Waals surface area (Å²) < 4.78 is 19.2. The summed E-state index contributed by atoms with van der Waals surface area (Å²) in [6.45, 7) is 2.76. The van der Waals surface area contributed by atoms with Crippen molar-refractivity contribution in [2.45, 2.75) is 19.4 Å². The molecule has 21 heavy (non-hydrogen) atoms. The Labute approximate surface area is 126 Å². The molecule has 0 aliphatic carbocycles. The van der Waals surface area contributed by atoms with Crippen LogP contribution in [-0.2, 0) is 11.2 Å². The second-order valence-electron chi connectivity index (χ2n) is 5.19. The predicted molar refractivity (Wildman–Crippen MR) is 84.9 cm³/mol. The average Bonchev–Trinajstić information content (AvgIpc) is 2.53. The van der Waals surface area contributed by atoms with E-state index < -0.39 is 0 Å². The quantitative estimate of drug-likeness (QED) is 0.868. The van der Waals surface area contributed by atoms with Crippen molar-refractivity contribution in [3.8, 4) is 11.1 Å². The molecule has 112 valence electrons. The van der Waals surface area contributed by atoms with Gasteiger partial charge in [-0.15, -0.1) is 0 Å². The van der Waals surface area contributed by atoms with Crippen LogP contribution in [0.2, 0.25) is 0 Å². The van der Waals surface area contributed by atoms with E-state index in [1.807, 2.05) is 43.4 Å². The Morgan fingerprint density at radius 1 is 1.14 bits per heavy atom. The van der Waals surface area contributed by atoms with Crippen LogP contribution in [0.5, 0.6) is 0 Å². The van der Waals surface area contributed by atoms with Crippen LogP contribution in [0.3, 0.4) is 0 Å². The van der Waals surface area contributed by atoms with E-state index in [1.54, 1.807) is 7.11 Å². The zero-order chi connectivity index (χ0) is 15.2. The first-order valence-electron chi connectivity index (χ1n) is 7.20. The Hall–Kier alpha value is -1.71. The summed E-state index contributed by atoms with van der Waals surface area (Å²) >= 11 is 0. The van der Waals surface area contributed by atoms with Gasteiger partial charge in [-0.2, -0.15) is 0 Å². The molecule has 3 heteroatoms. The lowest BCUT2D eigenvalue weighted by atomic mass is 9.98. The van der Waals surface area contributed by atoms with Gasteiger partial charge >= 0.3 is 0 Å². The topological polar surface area (TPSA) is 21.3 Å². The molecule has 2 rings (SSSR count). The molecule has 0 bridgehead atoms. The van der Waals surface area contributed by atoms with Crippen molar-refractivity contribution in [3.05, 3.63) is 59.4 Å². The third-order valence-electron chi connectivity index (χ3n) is 3.78. The first kappa shape index (κ1) is 15.7. The fraction of sp³-hybridized carbons (Fsp3) is 0.333. The first-order valence-corrected chi connectivity index (χ1v) is 7.20. The minimum atomic E-state index is -0.188. The van der Waals surface area contributed by atoms with Crippen LogP contribution in [0.15, 0.2) is 42.5 Å². The summed E-state index contributed by atoms with van der Waals surface area (Å²) in [6.07, 6.45) is 0.871. The summed E-state index contributed by atoms with van der Waals surface area (Å²) in [6, 6.07) is 13.5. The zero-order valence-electron chi connectivity index (χ0n) is 12.8. The van der Waals surface area contributed by atoms with E-state index in [-0.39, 0.29) is 11.9 Å². The third-order valence-corrected chi connectivity index (χ3v) is 3.78. The van der Waals surface area contributed by atoms with E-state index in [2.05, 4.69) is 12.2 Å². The molecule has 0 aliphatic rings. The smallest absolute Gasteiger partial charge is 0.131 e. The van der Waals surface area contributed by atoms with Gasteiger partial charge < -0.3 is 10.1 Å². The summed E-state index contributed by atoms with van der Waals surface area (Å²) in [4.78, 5) is 0. The van der Waals surface area contributed by atoms with E-state index in [0.717, 1.165) is 17.5 Å². The standard InChI is InChI=1S/C18H22FNO/c1-13(20-2)16-8-9-18(19)17(12-16)15-6-4-14(5-7-15)10-11-21-3/h4-9,12-13,20H,10-11H2,1-3H3. The molecule has 2 nitrogen and oxygen atoms in total. The van der Waals surface area contributed by atoms with Crippen molar-refractivity contribution in [3.63, 3.8) is 0 Å². The molecule has 1 unspecified atom stereocenters. The number of hydrogen-bond acceptors (Lipinski definition) is 2. The zero-order valence-corrected chi connectivity index (χ0v) is 12.8. The largest absolute Gasteiger partial charge is 0.384 e. The molecule has 0 fully saturated rings. The van der Waals surface area contributed by atoms with Gasteiger partial charge in [0, 0.05) is 18.7 Å². The predicted octanol–water partition coefficient (Wildman–Crippen LogP) is 3.96. The number of hydrogen-bond donors (Lipinski definition) is 1. The molecule has 0 aromatic heterocycles. The van der Waals surface area contributed by atoms with Crippen LogP contribution >= 0.6 is 0 Å². The SMILES string of the molecule is CNC(C)c1ccc(F)c(-c2ccc(CCOC)cc2)c1. The minimum absolute atomic E-state index is 0.188. The number of ether oxygens (including phenoxy) is 1. The Balaban J connectivity index is 2.28. The molecule has 1 atom stereocenters. The third kappa shape index (κ3) is 3.90. The van der Waals surface area contributed by atoms with Gasteiger partial charge in [0.1, 0.15) is 5.82 Å². The lowest BCUT2D eigenvalue weighted by molar-refractivity contribution is 0.202. The molecule has 0 aliphatic heterocycles. The van der Waals surface area contributed by atoms with E-state index in [9.17, 15) is 4.39 Å². The highest BCUT2D eigenvalue weighted by molar-refractivity contribution is 5.65. The number of rotatable bonds is 6. The van der Waals surface area contributed by atoms with Crippen LogP contribution in [0.4, 0.5) is 4.39 Å². The van der Waals surface area contributed by atoms with Gasteiger partial charge in [0.05, 0.1) is 6.61 Å². The fourth-order valence-corrected chi connectivity index (χ4v) is 2.27. The van der Waals surface area contributed by atoms with Crippen LogP contribution in [0, 0.1) is 5.82 Å². The molecule has 2 aromatic rings. The highest BCUT2D eigenvalue weighted by Gasteiger charge is 2.09. The number of halogens is 1. The van der Waals surface area contributed by atoms with Crippen molar-refractivity contribution in [1.29, 1.82) is 0 Å². The fourth-order valence-electron chi connectivity index (χ4n) is 2.27. The van der Waals surface area contributed by atoms with E-state index in [4.69, 9.17) is 4.74 Å². The summed E-state index contributed by atoms with van der Waals surface area (Å²) in [5, 5.41) is 3.18. The second-order valence-corrected chi connectivity index (χ2v) is 5.19. The van der Waals surface area contributed by atoms with Gasteiger partial charge in [-0.05, 0) is 49.2 Å². The summed E-state index contributed by atoms with van der Waals surface area (Å²) in [7, 11) is 3.59. The second kappa shape index (κ2) is 7.34. The lowest BCUT2D eigenvalue weighted by Crippen LogP contribution is -2.12. The van der Waals surface area contributed by atoms with Gasteiger partial charge in [-0.3, -0.25) is 0 Å². The molecule has 0 spiro atoms. The maximum atomic E-state index is 14.1. The normalized spacial score (nSPS) is 12.4. The van der Waals surface area contributed by atoms with Gasteiger partial charge in [0.15, 0.2) is 0 Å². The van der Waals surface area contributed by atoms with Crippen molar-refractivity contribution < 1.29 is 9.13 Å². The molecule has 0 heterocycles. The van der Waals surface area contributed by atoms with Gasteiger partial charge in [-0.1, -0.05) is 30.3 Å². The highest BCUT2D eigenvalue weighted by atomic mass is 19.1. The van der Waals surface area contributed by atoms with E-state index >= 15 is 0 Å². The molecule has 2 aromatic carbocycles. The van der Waals surface area contributed by atoms with Crippen LogP contribution in [0.25, 0.3) is 11.1 Å². The number of methoxy groups -OCH3 is 1. The molecular weight excluding hydrogens is 265 g/mol. The van der Waals surface area contributed by atoms with Crippen LogP contribution < -0.4 is 5.32 Å². The average molecular weight is 287 g/mol. The maximum absolute atomic E-state index is 14.1. The molecule has 1 N–H and O–H groups in total. The monoisotopic (exact) mass is 287 g/mol. The Morgan fingerprint density at radius 2 is 1.86 bits per heavy atom. The Bertz CT molecular complexity index is 580. The number of nitrogens with one attached hydrogen (secondary N) is 1. The van der Waals surface area contributed by atoms with Crippen molar-refractivity contribution >= 4 is 0 Å². The lowest BCUT2D eigenvalue weighted by Gasteiger charge is -2.13. The van der Waals surface area contributed by atoms with E-state index in [1.165, 1.54) is 11.6 Å². The van der Waals surface area contributed by atoms with Crippen LogP contribution in [-0.4, -0.2) is 20.8 Å². The first-order chi connectivity index (χ1) is 10.2.